The lowest BCUT2D eigenvalue weighted by molar-refractivity contribution is -0.173. The van der Waals surface area contributed by atoms with Gasteiger partial charge in [0.15, 0.2) is 0 Å². The van der Waals surface area contributed by atoms with E-state index in [-0.39, 0.29) is 35.5 Å². The van der Waals surface area contributed by atoms with Crippen molar-refractivity contribution < 1.29 is 34.2 Å². The number of hydroxylamine groups is 2. The Balaban J connectivity index is 1.57. The maximum atomic E-state index is 14.2. The maximum absolute atomic E-state index is 14.2. The molecule has 37 heavy (non-hydrogen) atoms. The summed E-state index contributed by atoms with van der Waals surface area (Å²) < 4.78 is 5.40. The van der Waals surface area contributed by atoms with Crippen LogP contribution in [0.1, 0.15) is 31.2 Å². The number of benzene rings is 2. The molecule has 0 aromatic heterocycles. The van der Waals surface area contributed by atoms with E-state index in [4.69, 9.17) is 4.74 Å². The molecule has 2 aromatic rings. The number of nitrogens with zero attached hydrogens (tertiary/aromatic N) is 2. The van der Waals surface area contributed by atoms with Crippen molar-refractivity contribution in [1.82, 2.24) is 5.06 Å². The van der Waals surface area contributed by atoms with Gasteiger partial charge in [0.25, 0.3) is 11.8 Å². The van der Waals surface area contributed by atoms with Gasteiger partial charge >= 0.3 is 0 Å². The van der Waals surface area contributed by atoms with Crippen molar-refractivity contribution in [3.63, 3.8) is 0 Å². The molecule has 2 aromatic carbocycles. The second kappa shape index (κ2) is 8.01. The van der Waals surface area contributed by atoms with Crippen LogP contribution in [0.15, 0.2) is 60.2 Å². The number of hydrogen-bond donors (Lipinski definition) is 2. The molecular formula is C28H26N2O7. The number of anilines is 1. The summed E-state index contributed by atoms with van der Waals surface area (Å²) in [5.41, 5.74) is 0.312. The minimum Gasteiger partial charge on any atom is -0.508 e. The number of ether oxygens (including phenoxy) is 1. The van der Waals surface area contributed by atoms with E-state index in [1.54, 1.807) is 49.4 Å². The van der Waals surface area contributed by atoms with Gasteiger partial charge in [-0.1, -0.05) is 29.8 Å². The first kappa shape index (κ1) is 23.4. The van der Waals surface area contributed by atoms with Crippen LogP contribution in [-0.4, -0.2) is 46.1 Å². The number of fused-ring (bicyclic) bond motifs is 4. The number of hydrogen-bond acceptors (Lipinski definition) is 7. The number of phenols is 1. The van der Waals surface area contributed by atoms with Crippen LogP contribution in [0.3, 0.4) is 0 Å². The van der Waals surface area contributed by atoms with E-state index in [1.807, 2.05) is 6.08 Å². The zero-order valence-electron chi connectivity index (χ0n) is 20.3. The number of allylic oxidation sites excluding steroid dienone is 2. The molecule has 0 radical (unpaired) electrons. The number of aromatic hydroxyl groups is 1. The average molecular weight is 503 g/mol. The molecule has 1 saturated carbocycles. The summed E-state index contributed by atoms with van der Waals surface area (Å²) in [6.07, 6.45) is 2.24. The van der Waals surface area contributed by atoms with Crippen LogP contribution in [0, 0.1) is 29.1 Å². The molecule has 3 fully saturated rings. The highest BCUT2D eigenvalue weighted by Gasteiger charge is 2.68. The molecule has 0 spiro atoms. The monoisotopic (exact) mass is 502 g/mol. The van der Waals surface area contributed by atoms with E-state index in [0.29, 0.717) is 17.0 Å². The standard InChI is InChI=1S/C28H26N2O7/c1-28-20(25(33)29(27(28)35)14-6-4-3-5-7-14)13-18-16(9-10-17-22(18)26(34)30(36)24(17)32)23(28)19-12-15(37-2)8-11-21(19)31/h3-9,11-12,17-18,20,22-23,31,36H,10,13H2,1-2H3/t17-,18+,20-,22-,23+,28+/m0/s1. The largest absolute Gasteiger partial charge is 0.508 e. The predicted molar refractivity (Wildman–Crippen MR) is 129 cm³/mol. The van der Waals surface area contributed by atoms with Gasteiger partial charge in [0, 0.05) is 11.5 Å². The molecular weight excluding hydrogens is 476 g/mol. The lowest BCUT2D eigenvalue weighted by atomic mass is 9.51. The minimum absolute atomic E-state index is 0.0644. The van der Waals surface area contributed by atoms with Crippen LogP contribution >= 0.6 is 0 Å². The van der Waals surface area contributed by atoms with Gasteiger partial charge in [0.2, 0.25) is 11.8 Å². The van der Waals surface area contributed by atoms with Crippen LogP contribution < -0.4 is 9.64 Å². The minimum atomic E-state index is -1.27. The third-order valence-electron chi connectivity index (χ3n) is 8.81. The van der Waals surface area contributed by atoms with Gasteiger partial charge in [-0.15, -0.1) is 0 Å². The number of carbonyl (C=O) groups is 4. The maximum Gasteiger partial charge on any atom is 0.257 e. The number of imide groups is 2. The Kier molecular flexibility index (Phi) is 5.07. The number of methoxy groups -OCH3 is 1. The van der Waals surface area contributed by atoms with Gasteiger partial charge in [-0.25, -0.2) is 4.90 Å². The highest BCUT2D eigenvalue weighted by atomic mass is 16.5. The number of rotatable bonds is 3. The topological polar surface area (TPSA) is 124 Å². The molecule has 4 amide bonds. The first-order valence-electron chi connectivity index (χ1n) is 12.3. The van der Waals surface area contributed by atoms with Crippen molar-refractivity contribution >= 4 is 29.3 Å². The van der Waals surface area contributed by atoms with E-state index in [0.717, 1.165) is 5.57 Å². The number of carbonyl (C=O) groups excluding carboxylic acids is 4. The summed E-state index contributed by atoms with van der Waals surface area (Å²) in [7, 11) is 1.49. The van der Waals surface area contributed by atoms with Gasteiger partial charge < -0.3 is 9.84 Å². The molecule has 0 unspecified atom stereocenters. The molecule has 2 saturated heterocycles. The van der Waals surface area contributed by atoms with E-state index < -0.39 is 46.8 Å². The number of amides is 4. The molecule has 2 aliphatic carbocycles. The summed E-state index contributed by atoms with van der Waals surface area (Å²) in [6.45, 7) is 1.74. The van der Waals surface area contributed by atoms with E-state index >= 15 is 0 Å². The Bertz CT molecular complexity index is 1390. The van der Waals surface area contributed by atoms with Crippen LogP contribution in [0.25, 0.3) is 0 Å². The average Bonchev–Trinajstić information content (AvgIpc) is 3.24. The molecule has 2 heterocycles. The lowest BCUT2D eigenvalue weighted by Gasteiger charge is -2.49. The fourth-order valence-corrected chi connectivity index (χ4v) is 7.06. The van der Waals surface area contributed by atoms with Gasteiger partial charge in [-0.3, -0.25) is 24.4 Å². The van der Waals surface area contributed by atoms with Crippen molar-refractivity contribution in [3.05, 3.63) is 65.7 Å². The Hall–Kier alpha value is -3.98. The molecule has 2 aliphatic heterocycles. The Morgan fingerprint density at radius 1 is 0.973 bits per heavy atom. The highest BCUT2D eigenvalue weighted by Crippen LogP contribution is 2.64. The quantitative estimate of drug-likeness (QED) is 0.376. The summed E-state index contributed by atoms with van der Waals surface area (Å²) in [4.78, 5) is 54.9. The van der Waals surface area contributed by atoms with Crippen LogP contribution in [0.2, 0.25) is 0 Å². The first-order valence-corrected chi connectivity index (χ1v) is 12.3. The molecule has 0 bridgehead atoms. The molecule has 190 valence electrons. The lowest BCUT2D eigenvalue weighted by Crippen LogP contribution is -2.48. The fraction of sp³-hybridized carbons (Fsp3) is 0.357. The van der Waals surface area contributed by atoms with Gasteiger partial charge in [-0.2, -0.15) is 5.06 Å². The molecule has 9 nitrogen and oxygen atoms in total. The van der Waals surface area contributed by atoms with E-state index in [2.05, 4.69) is 0 Å². The van der Waals surface area contributed by atoms with Crippen molar-refractivity contribution in [2.75, 3.05) is 12.0 Å². The Labute approximate surface area is 212 Å². The summed E-state index contributed by atoms with van der Waals surface area (Å²) in [6, 6.07) is 13.4. The predicted octanol–water partition coefficient (Wildman–Crippen LogP) is 3.02. The van der Waals surface area contributed by atoms with E-state index in [9.17, 15) is 29.5 Å². The molecule has 2 N–H and O–H groups in total. The first-order chi connectivity index (χ1) is 17.7. The van der Waals surface area contributed by atoms with Gasteiger partial charge in [-0.05, 0) is 56.0 Å². The molecule has 4 aliphatic rings. The third-order valence-corrected chi connectivity index (χ3v) is 8.81. The SMILES string of the molecule is COc1ccc(O)c([C@H]2C3=CC[C@@H]4C(=O)N(O)C(=O)[C@@H]4[C@@H]3C[C@H]3C(=O)N(c4ccccc4)C(=O)[C@@]23C)c1. The Morgan fingerprint density at radius 2 is 1.70 bits per heavy atom. The van der Waals surface area contributed by atoms with Crippen molar-refractivity contribution in [2.45, 2.75) is 25.7 Å². The summed E-state index contributed by atoms with van der Waals surface area (Å²) in [5.74, 6) is -5.42. The number of para-hydroxylation sites is 1. The van der Waals surface area contributed by atoms with Gasteiger partial charge in [0.05, 0.1) is 36.0 Å². The van der Waals surface area contributed by atoms with Crippen LogP contribution in [0.4, 0.5) is 5.69 Å². The molecule has 6 atom stereocenters. The molecule has 9 heteroatoms. The Morgan fingerprint density at radius 3 is 2.41 bits per heavy atom. The van der Waals surface area contributed by atoms with Crippen LogP contribution in [-0.2, 0) is 19.2 Å². The van der Waals surface area contributed by atoms with Crippen molar-refractivity contribution in [1.29, 1.82) is 0 Å². The summed E-state index contributed by atoms with van der Waals surface area (Å²) >= 11 is 0. The van der Waals surface area contributed by atoms with Crippen LogP contribution in [0.5, 0.6) is 11.5 Å². The second-order valence-electron chi connectivity index (χ2n) is 10.4. The molecule has 6 rings (SSSR count). The van der Waals surface area contributed by atoms with E-state index in [1.165, 1.54) is 18.1 Å². The smallest absolute Gasteiger partial charge is 0.257 e. The normalized spacial score (nSPS) is 32.7. The zero-order chi connectivity index (χ0) is 26.2. The highest BCUT2D eigenvalue weighted by molar-refractivity contribution is 6.24. The third kappa shape index (κ3) is 3.00. The zero-order valence-corrected chi connectivity index (χ0v) is 20.3. The van der Waals surface area contributed by atoms with Crippen molar-refractivity contribution in [2.24, 2.45) is 29.1 Å². The summed E-state index contributed by atoms with van der Waals surface area (Å²) in [5, 5.41) is 21.3. The van der Waals surface area contributed by atoms with Gasteiger partial charge in [0.1, 0.15) is 11.5 Å². The number of phenolic OH excluding ortho intramolecular Hbond substituents is 1. The fourth-order valence-electron chi connectivity index (χ4n) is 7.06. The second-order valence-corrected chi connectivity index (χ2v) is 10.4. The van der Waals surface area contributed by atoms with Crippen molar-refractivity contribution in [3.8, 4) is 11.5 Å².